The number of rotatable bonds is 4. The highest BCUT2D eigenvalue weighted by molar-refractivity contribution is 9.10. The largest absolute Gasteiger partial charge is 0.489 e. The molecule has 0 atom stereocenters. The van der Waals surface area contributed by atoms with Crippen molar-refractivity contribution in [1.29, 1.82) is 0 Å². The zero-order valence-electron chi connectivity index (χ0n) is 9.76. The minimum atomic E-state index is 0.261. The van der Waals surface area contributed by atoms with Crippen molar-refractivity contribution in [2.75, 3.05) is 12.8 Å². The maximum atomic E-state index is 5.66. The Bertz CT molecular complexity index is 549. The van der Waals surface area contributed by atoms with Crippen LogP contribution in [0.4, 0.5) is 5.82 Å². The monoisotopic (exact) mass is 309 g/mol. The van der Waals surface area contributed by atoms with Crippen molar-refractivity contribution in [3.8, 4) is 11.6 Å². The average Bonchev–Trinajstić information content (AvgIpc) is 2.36. The van der Waals surface area contributed by atoms with Crippen molar-refractivity contribution < 1.29 is 9.47 Å². The fourth-order valence-electron chi connectivity index (χ4n) is 1.44. The van der Waals surface area contributed by atoms with Gasteiger partial charge in [-0.2, -0.15) is 4.98 Å². The topological polar surface area (TPSA) is 70.3 Å². The van der Waals surface area contributed by atoms with E-state index in [9.17, 15) is 0 Å². The second kappa shape index (κ2) is 5.68. The Morgan fingerprint density at radius 3 is 2.89 bits per heavy atom. The first-order chi connectivity index (χ1) is 8.70. The van der Waals surface area contributed by atoms with Crippen LogP contribution in [0.1, 0.15) is 5.56 Å². The van der Waals surface area contributed by atoms with Crippen LogP contribution in [0.25, 0.3) is 0 Å². The molecule has 94 valence electrons. The number of ether oxygens (including phenoxy) is 2. The summed E-state index contributed by atoms with van der Waals surface area (Å²) >= 11 is 3.40. The molecule has 0 radical (unpaired) electrons. The second-order valence-corrected chi connectivity index (χ2v) is 4.43. The number of methoxy groups -OCH3 is 1. The molecule has 5 nitrogen and oxygen atoms in total. The Balaban J connectivity index is 2.13. The van der Waals surface area contributed by atoms with Gasteiger partial charge < -0.3 is 15.2 Å². The van der Waals surface area contributed by atoms with E-state index in [0.29, 0.717) is 18.2 Å². The Hall–Kier alpha value is -1.82. The van der Waals surface area contributed by atoms with Crippen molar-refractivity contribution in [1.82, 2.24) is 9.97 Å². The molecular weight excluding hydrogens is 298 g/mol. The molecule has 18 heavy (non-hydrogen) atoms. The maximum absolute atomic E-state index is 5.66. The van der Waals surface area contributed by atoms with Crippen LogP contribution in [0.3, 0.4) is 0 Å². The van der Waals surface area contributed by atoms with Gasteiger partial charge in [-0.05, 0) is 17.7 Å². The smallest absolute Gasteiger partial charge is 0.262 e. The first kappa shape index (κ1) is 12.6. The van der Waals surface area contributed by atoms with Crippen molar-refractivity contribution >= 4 is 21.7 Å². The van der Waals surface area contributed by atoms with E-state index in [2.05, 4.69) is 25.9 Å². The lowest BCUT2D eigenvalue weighted by atomic mass is 10.2. The van der Waals surface area contributed by atoms with Crippen LogP contribution in [-0.2, 0) is 6.61 Å². The lowest BCUT2D eigenvalue weighted by Gasteiger charge is -2.10. The van der Waals surface area contributed by atoms with Crippen molar-refractivity contribution in [3.63, 3.8) is 0 Å². The van der Waals surface area contributed by atoms with Crippen molar-refractivity contribution in [2.24, 2.45) is 0 Å². The molecule has 2 N–H and O–H groups in total. The first-order valence-electron chi connectivity index (χ1n) is 5.22. The Labute approximate surface area is 113 Å². The van der Waals surface area contributed by atoms with E-state index in [1.54, 1.807) is 0 Å². The fraction of sp³-hybridized carbons (Fsp3) is 0.167. The summed E-state index contributed by atoms with van der Waals surface area (Å²) in [6.07, 6.45) is 1.34. The molecule has 0 unspecified atom stereocenters. The van der Waals surface area contributed by atoms with E-state index in [-0.39, 0.29) is 5.82 Å². The van der Waals surface area contributed by atoms with E-state index >= 15 is 0 Å². The van der Waals surface area contributed by atoms with Gasteiger partial charge in [-0.3, -0.25) is 0 Å². The molecule has 0 aliphatic carbocycles. The number of hydrogen-bond acceptors (Lipinski definition) is 5. The number of hydrogen-bond donors (Lipinski definition) is 1. The number of aromatic nitrogens is 2. The summed E-state index contributed by atoms with van der Waals surface area (Å²) in [6, 6.07) is 7.82. The normalized spacial score (nSPS) is 10.1. The van der Waals surface area contributed by atoms with Crippen LogP contribution >= 0.6 is 15.9 Å². The Kier molecular flexibility index (Phi) is 3.99. The van der Waals surface area contributed by atoms with Gasteiger partial charge in [0.25, 0.3) is 5.88 Å². The third-order valence-electron chi connectivity index (χ3n) is 2.27. The van der Waals surface area contributed by atoms with Crippen LogP contribution in [0.5, 0.6) is 11.6 Å². The highest BCUT2D eigenvalue weighted by atomic mass is 79.9. The van der Waals surface area contributed by atoms with E-state index < -0.39 is 0 Å². The lowest BCUT2D eigenvalue weighted by Crippen LogP contribution is -2.03. The average molecular weight is 310 g/mol. The minimum Gasteiger partial charge on any atom is -0.489 e. The van der Waals surface area contributed by atoms with Crippen LogP contribution in [0.15, 0.2) is 35.1 Å². The van der Waals surface area contributed by atoms with E-state index in [1.807, 2.05) is 24.3 Å². The van der Waals surface area contributed by atoms with E-state index in [1.165, 1.54) is 13.4 Å². The predicted molar refractivity (Wildman–Crippen MR) is 71.5 cm³/mol. The molecule has 0 aliphatic rings. The molecule has 1 aromatic carbocycles. The molecular formula is C12H12BrN3O2. The third-order valence-corrected chi connectivity index (χ3v) is 2.76. The van der Waals surface area contributed by atoms with Gasteiger partial charge in [0.05, 0.1) is 7.11 Å². The van der Waals surface area contributed by atoms with Crippen LogP contribution < -0.4 is 15.2 Å². The van der Waals surface area contributed by atoms with Gasteiger partial charge in [-0.25, -0.2) is 4.98 Å². The summed E-state index contributed by atoms with van der Waals surface area (Å²) in [5, 5.41) is 0. The third kappa shape index (κ3) is 2.89. The van der Waals surface area contributed by atoms with Crippen molar-refractivity contribution in [3.05, 3.63) is 40.6 Å². The van der Waals surface area contributed by atoms with Crippen molar-refractivity contribution in [2.45, 2.75) is 6.61 Å². The lowest BCUT2D eigenvalue weighted by molar-refractivity contribution is 0.272. The molecule has 0 bridgehead atoms. The number of anilines is 1. The van der Waals surface area contributed by atoms with E-state index in [0.717, 1.165) is 10.0 Å². The number of nitrogen functional groups attached to an aromatic ring is 1. The molecule has 0 saturated carbocycles. The number of nitrogens with two attached hydrogens (primary N) is 1. The summed E-state index contributed by atoms with van der Waals surface area (Å²) in [5.74, 6) is 0.953. The molecule has 0 fully saturated rings. The van der Waals surface area contributed by atoms with Gasteiger partial charge in [0.1, 0.15) is 12.9 Å². The molecule has 6 heteroatoms. The quantitative estimate of drug-likeness (QED) is 0.939. The molecule has 0 aliphatic heterocycles. The van der Waals surface area contributed by atoms with Crippen LogP contribution in [0.2, 0.25) is 0 Å². The molecule has 1 heterocycles. The Morgan fingerprint density at radius 1 is 1.33 bits per heavy atom. The van der Waals surface area contributed by atoms with E-state index in [4.69, 9.17) is 15.2 Å². The summed E-state index contributed by atoms with van der Waals surface area (Å²) in [5.41, 5.74) is 6.68. The molecule has 0 amide bonds. The minimum absolute atomic E-state index is 0.261. The summed E-state index contributed by atoms with van der Waals surface area (Å²) in [4.78, 5) is 7.83. The predicted octanol–water partition coefficient (Wildman–Crippen LogP) is 2.41. The Morgan fingerprint density at radius 2 is 2.17 bits per heavy atom. The van der Waals surface area contributed by atoms with Gasteiger partial charge in [-0.15, -0.1) is 0 Å². The van der Waals surface area contributed by atoms with Gasteiger partial charge >= 0.3 is 0 Å². The van der Waals surface area contributed by atoms with Crippen LogP contribution in [-0.4, -0.2) is 17.1 Å². The summed E-state index contributed by atoms with van der Waals surface area (Å²) in [7, 11) is 1.50. The van der Waals surface area contributed by atoms with Gasteiger partial charge in [0, 0.05) is 4.47 Å². The molecule has 1 aromatic heterocycles. The standard InChI is InChI=1S/C12H12BrN3O2/c1-17-10-11(14)15-7-16-12(10)18-6-8-3-2-4-9(13)5-8/h2-5,7H,6H2,1H3,(H2,14,15,16). The fourth-order valence-corrected chi connectivity index (χ4v) is 1.89. The molecule has 0 spiro atoms. The van der Waals surface area contributed by atoms with Gasteiger partial charge in [-0.1, -0.05) is 28.1 Å². The SMILES string of the molecule is COc1c(N)ncnc1OCc1cccc(Br)c1. The molecule has 2 rings (SSSR count). The summed E-state index contributed by atoms with van der Waals surface area (Å²) < 4.78 is 11.7. The van der Waals surface area contributed by atoms with Gasteiger partial charge in [0.15, 0.2) is 5.82 Å². The zero-order chi connectivity index (χ0) is 13.0. The van der Waals surface area contributed by atoms with Gasteiger partial charge in [0.2, 0.25) is 5.75 Å². The highest BCUT2D eigenvalue weighted by Crippen LogP contribution is 2.29. The zero-order valence-corrected chi connectivity index (χ0v) is 11.3. The number of nitrogens with zero attached hydrogens (tertiary/aromatic N) is 2. The first-order valence-corrected chi connectivity index (χ1v) is 6.01. The summed E-state index contributed by atoms with van der Waals surface area (Å²) in [6.45, 7) is 0.381. The maximum Gasteiger partial charge on any atom is 0.262 e. The number of benzene rings is 1. The molecule has 0 saturated heterocycles. The highest BCUT2D eigenvalue weighted by Gasteiger charge is 2.10. The molecule has 2 aromatic rings. The van der Waals surface area contributed by atoms with Crippen LogP contribution in [0, 0.1) is 0 Å². The second-order valence-electron chi connectivity index (χ2n) is 3.52. The number of halogens is 1.